The zero-order valence-corrected chi connectivity index (χ0v) is 14.1. The lowest BCUT2D eigenvalue weighted by Gasteiger charge is -2.38. The van der Waals surface area contributed by atoms with Crippen molar-refractivity contribution in [2.45, 2.75) is 58.4 Å². The number of piperazine rings is 1. The van der Waals surface area contributed by atoms with Crippen molar-refractivity contribution >= 4 is 11.8 Å². The summed E-state index contributed by atoms with van der Waals surface area (Å²) in [7, 11) is 0. The van der Waals surface area contributed by atoms with Gasteiger partial charge >= 0.3 is 0 Å². The van der Waals surface area contributed by atoms with Crippen LogP contribution in [-0.2, 0) is 9.59 Å². The van der Waals surface area contributed by atoms with Crippen LogP contribution in [0, 0.1) is 11.8 Å². The minimum absolute atomic E-state index is 0.0402. The van der Waals surface area contributed by atoms with Gasteiger partial charge in [-0.3, -0.25) is 9.59 Å². The van der Waals surface area contributed by atoms with E-state index in [9.17, 15) is 9.59 Å². The third-order valence-electron chi connectivity index (χ3n) is 4.90. The molecule has 22 heavy (non-hydrogen) atoms. The quantitative estimate of drug-likeness (QED) is 0.858. The molecule has 1 heterocycles. The average Bonchev–Trinajstić information content (AvgIpc) is 2.54. The minimum atomic E-state index is -0.402. The van der Waals surface area contributed by atoms with Crippen LogP contribution in [0.1, 0.15) is 52.4 Å². The molecule has 1 aliphatic carbocycles. The molecular formula is C17H31N3O2. The van der Waals surface area contributed by atoms with Crippen LogP contribution in [0.3, 0.4) is 0 Å². The molecule has 2 rings (SSSR count). The van der Waals surface area contributed by atoms with Crippen molar-refractivity contribution in [1.29, 1.82) is 0 Å². The lowest BCUT2D eigenvalue weighted by atomic mass is 9.88. The van der Waals surface area contributed by atoms with Gasteiger partial charge in [-0.25, -0.2) is 0 Å². The largest absolute Gasteiger partial charge is 0.339 e. The van der Waals surface area contributed by atoms with Crippen molar-refractivity contribution in [3.05, 3.63) is 0 Å². The lowest BCUT2D eigenvalue weighted by molar-refractivity contribution is -0.143. The maximum absolute atomic E-state index is 12.5. The summed E-state index contributed by atoms with van der Waals surface area (Å²) in [6.45, 7) is 6.74. The summed E-state index contributed by atoms with van der Waals surface area (Å²) in [4.78, 5) is 28.6. The number of hydrogen-bond acceptors (Lipinski definition) is 3. The van der Waals surface area contributed by atoms with Gasteiger partial charge in [0.05, 0.1) is 6.04 Å². The van der Waals surface area contributed by atoms with Gasteiger partial charge in [0, 0.05) is 32.1 Å². The first-order chi connectivity index (χ1) is 10.5. The highest BCUT2D eigenvalue weighted by molar-refractivity contribution is 5.82. The van der Waals surface area contributed by atoms with Gasteiger partial charge in [0.1, 0.15) is 0 Å². The summed E-state index contributed by atoms with van der Waals surface area (Å²) in [6.07, 6.45) is 6.42. The number of hydrogen-bond donors (Lipinski definition) is 1. The molecule has 1 aliphatic heterocycles. The van der Waals surface area contributed by atoms with E-state index < -0.39 is 6.04 Å². The van der Waals surface area contributed by atoms with E-state index in [2.05, 4.69) is 13.8 Å². The Morgan fingerprint density at radius 3 is 2.09 bits per heavy atom. The first kappa shape index (κ1) is 17.3. The topological polar surface area (TPSA) is 66.6 Å². The molecule has 0 aromatic carbocycles. The predicted molar refractivity (Wildman–Crippen MR) is 87.2 cm³/mol. The first-order valence-corrected chi connectivity index (χ1v) is 8.82. The Morgan fingerprint density at radius 1 is 1.00 bits per heavy atom. The van der Waals surface area contributed by atoms with Gasteiger partial charge in [-0.05, 0) is 25.2 Å². The van der Waals surface area contributed by atoms with Gasteiger partial charge in [0.2, 0.25) is 11.8 Å². The Bertz CT molecular complexity index is 383. The summed E-state index contributed by atoms with van der Waals surface area (Å²) in [5.74, 6) is 0.990. The van der Waals surface area contributed by atoms with Gasteiger partial charge in [-0.1, -0.05) is 33.1 Å². The number of amides is 2. The molecule has 2 aliphatic rings. The van der Waals surface area contributed by atoms with E-state index in [0.29, 0.717) is 38.0 Å². The van der Waals surface area contributed by atoms with Crippen molar-refractivity contribution in [2.75, 3.05) is 26.2 Å². The molecule has 0 radical (unpaired) electrons. The molecule has 2 amide bonds. The molecule has 1 atom stereocenters. The Hall–Kier alpha value is -1.10. The predicted octanol–water partition coefficient (Wildman–Crippen LogP) is 1.61. The molecule has 5 nitrogen and oxygen atoms in total. The molecule has 2 fully saturated rings. The molecule has 0 unspecified atom stereocenters. The van der Waals surface area contributed by atoms with Crippen molar-refractivity contribution in [2.24, 2.45) is 17.6 Å². The Labute approximate surface area is 134 Å². The molecule has 2 N–H and O–H groups in total. The van der Waals surface area contributed by atoms with Gasteiger partial charge in [0.25, 0.3) is 0 Å². The second-order valence-corrected chi connectivity index (χ2v) is 7.22. The summed E-state index contributed by atoms with van der Waals surface area (Å²) in [5.41, 5.74) is 5.99. The third-order valence-corrected chi connectivity index (χ3v) is 4.90. The number of carbonyl (C=O) groups excluding carboxylic acids is 2. The molecule has 0 spiro atoms. The smallest absolute Gasteiger partial charge is 0.239 e. The van der Waals surface area contributed by atoms with E-state index >= 15 is 0 Å². The Morgan fingerprint density at radius 2 is 1.55 bits per heavy atom. The Kier molecular flexibility index (Phi) is 6.24. The summed E-state index contributed by atoms with van der Waals surface area (Å²) < 4.78 is 0. The van der Waals surface area contributed by atoms with Crippen LogP contribution in [0.4, 0.5) is 0 Å². The van der Waals surface area contributed by atoms with E-state index in [1.165, 1.54) is 19.3 Å². The molecule has 1 saturated heterocycles. The maximum Gasteiger partial charge on any atom is 0.239 e. The fraction of sp³-hybridized carbons (Fsp3) is 0.882. The fourth-order valence-electron chi connectivity index (χ4n) is 3.60. The second-order valence-electron chi connectivity index (χ2n) is 7.22. The summed E-state index contributed by atoms with van der Waals surface area (Å²) >= 11 is 0. The van der Waals surface area contributed by atoms with E-state index in [1.54, 1.807) is 0 Å². The maximum atomic E-state index is 12.5. The monoisotopic (exact) mass is 309 g/mol. The van der Waals surface area contributed by atoms with Crippen molar-refractivity contribution < 1.29 is 9.59 Å². The average molecular weight is 309 g/mol. The van der Waals surface area contributed by atoms with Gasteiger partial charge in [-0.2, -0.15) is 0 Å². The highest BCUT2D eigenvalue weighted by Gasteiger charge is 2.31. The van der Waals surface area contributed by atoms with Crippen LogP contribution in [-0.4, -0.2) is 53.8 Å². The highest BCUT2D eigenvalue weighted by atomic mass is 16.2. The number of rotatable bonds is 4. The molecule has 1 saturated carbocycles. The van der Waals surface area contributed by atoms with Gasteiger partial charge < -0.3 is 15.5 Å². The van der Waals surface area contributed by atoms with Gasteiger partial charge in [-0.15, -0.1) is 0 Å². The zero-order chi connectivity index (χ0) is 16.1. The Balaban J connectivity index is 1.79. The van der Waals surface area contributed by atoms with Crippen LogP contribution in [0.2, 0.25) is 0 Å². The van der Waals surface area contributed by atoms with Crippen molar-refractivity contribution in [1.82, 2.24) is 9.80 Å². The number of nitrogens with zero attached hydrogens (tertiary/aromatic N) is 2. The van der Waals surface area contributed by atoms with Crippen LogP contribution in [0.25, 0.3) is 0 Å². The summed E-state index contributed by atoms with van der Waals surface area (Å²) in [5, 5.41) is 0. The molecule has 0 aromatic rings. The normalized spacial score (nSPS) is 22.0. The zero-order valence-electron chi connectivity index (χ0n) is 14.1. The SMILES string of the molecule is CC(C)C[C@H](N)C(=O)N1CCN(C(=O)C2CCCCC2)CC1. The van der Waals surface area contributed by atoms with Crippen molar-refractivity contribution in [3.8, 4) is 0 Å². The molecule has 126 valence electrons. The number of carbonyl (C=O) groups is 2. The van der Waals surface area contributed by atoms with Gasteiger partial charge in [0.15, 0.2) is 0 Å². The molecule has 5 heteroatoms. The molecular weight excluding hydrogens is 278 g/mol. The third kappa shape index (κ3) is 4.45. The second kappa shape index (κ2) is 7.95. The summed E-state index contributed by atoms with van der Waals surface area (Å²) in [6, 6.07) is -0.402. The first-order valence-electron chi connectivity index (χ1n) is 8.82. The van der Waals surface area contributed by atoms with Crippen LogP contribution >= 0.6 is 0 Å². The fourth-order valence-corrected chi connectivity index (χ4v) is 3.60. The van der Waals surface area contributed by atoms with E-state index in [4.69, 9.17) is 5.73 Å². The van der Waals surface area contributed by atoms with Crippen LogP contribution < -0.4 is 5.73 Å². The van der Waals surface area contributed by atoms with E-state index in [1.807, 2.05) is 9.80 Å². The molecule has 0 bridgehead atoms. The highest BCUT2D eigenvalue weighted by Crippen LogP contribution is 2.25. The van der Waals surface area contributed by atoms with Crippen LogP contribution in [0.5, 0.6) is 0 Å². The van der Waals surface area contributed by atoms with E-state index in [-0.39, 0.29) is 11.8 Å². The lowest BCUT2D eigenvalue weighted by Crippen LogP contribution is -2.55. The minimum Gasteiger partial charge on any atom is -0.339 e. The molecule has 0 aromatic heterocycles. The number of nitrogens with two attached hydrogens (primary N) is 1. The van der Waals surface area contributed by atoms with Crippen LogP contribution in [0.15, 0.2) is 0 Å². The standard InChI is InChI=1S/C17H31N3O2/c1-13(2)12-15(18)17(22)20-10-8-19(9-11-20)16(21)14-6-4-3-5-7-14/h13-15H,3-12,18H2,1-2H3/t15-/m0/s1. The van der Waals surface area contributed by atoms with Crippen molar-refractivity contribution in [3.63, 3.8) is 0 Å². The van der Waals surface area contributed by atoms with E-state index in [0.717, 1.165) is 19.3 Å².